The fourth-order valence-electron chi connectivity index (χ4n) is 5.14. The first kappa shape index (κ1) is 25.5. The highest BCUT2D eigenvalue weighted by Gasteiger charge is 2.32. The second-order valence-electron chi connectivity index (χ2n) is 9.43. The SMILES string of the molecule is O=c1/c(=C\c2cccc([N+](=O)[O-])c2)sc2n1C(c1ccc(Cl)cc1)C1=C(N=2)/C(=C/c2ccc(Cl)cc2)CCC1. The van der Waals surface area contributed by atoms with E-state index in [1.54, 1.807) is 22.8 Å². The monoisotopic (exact) mass is 573 g/mol. The molecule has 39 heavy (non-hydrogen) atoms. The molecule has 0 saturated carbocycles. The molecule has 0 radical (unpaired) electrons. The van der Waals surface area contributed by atoms with Crippen LogP contribution in [0.4, 0.5) is 5.69 Å². The lowest BCUT2D eigenvalue weighted by Crippen LogP contribution is -2.39. The van der Waals surface area contributed by atoms with Gasteiger partial charge in [0.15, 0.2) is 4.80 Å². The minimum atomic E-state index is -0.442. The number of nitrogens with zero attached hydrogens (tertiary/aromatic N) is 3. The number of nitro groups is 1. The summed E-state index contributed by atoms with van der Waals surface area (Å²) in [7, 11) is 0. The number of hydrogen-bond donors (Lipinski definition) is 0. The summed E-state index contributed by atoms with van der Waals surface area (Å²) >= 11 is 13.6. The van der Waals surface area contributed by atoms with E-state index in [-0.39, 0.29) is 17.3 Å². The highest BCUT2D eigenvalue weighted by Crippen LogP contribution is 2.41. The van der Waals surface area contributed by atoms with E-state index < -0.39 is 4.92 Å². The molecule has 194 valence electrons. The molecule has 2 heterocycles. The van der Waals surface area contributed by atoms with Crippen molar-refractivity contribution in [2.24, 2.45) is 4.99 Å². The predicted molar refractivity (Wildman–Crippen MR) is 156 cm³/mol. The summed E-state index contributed by atoms with van der Waals surface area (Å²) in [4.78, 5) is 30.3. The number of fused-ring (bicyclic) bond motifs is 1. The average molecular weight is 574 g/mol. The summed E-state index contributed by atoms with van der Waals surface area (Å²) in [6.45, 7) is 0. The van der Waals surface area contributed by atoms with E-state index in [4.69, 9.17) is 28.2 Å². The molecule has 0 fully saturated rings. The molecule has 0 bridgehead atoms. The molecular weight excluding hydrogens is 553 g/mol. The molecular formula is C30H21Cl2N3O3S. The zero-order valence-electron chi connectivity index (χ0n) is 20.5. The summed E-state index contributed by atoms with van der Waals surface area (Å²) in [5, 5.41) is 12.6. The van der Waals surface area contributed by atoms with Gasteiger partial charge < -0.3 is 0 Å². The minimum absolute atomic E-state index is 0.0250. The van der Waals surface area contributed by atoms with E-state index in [0.717, 1.165) is 47.2 Å². The van der Waals surface area contributed by atoms with Crippen LogP contribution >= 0.6 is 34.5 Å². The number of non-ortho nitro benzene ring substituents is 1. The van der Waals surface area contributed by atoms with Gasteiger partial charge in [0.05, 0.1) is 21.2 Å². The first-order valence-electron chi connectivity index (χ1n) is 12.4. The topological polar surface area (TPSA) is 77.5 Å². The van der Waals surface area contributed by atoms with E-state index in [1.165, 1.54) is 23.5 Å². The van der Waals surface area contributed by atoms with Crippen LogP contribution in [0, 0.1) is 10.1 Å². The molecule has 0 spiro atoms. The maximum atomic E-state index is 13.8. The maximum Gasteiger partial charge on any atom is 0.271 e. The second-order valence-corrected chi connectivity index (χ2v) is 11.3. The quantitative estimate of drug-likeness (QED) is 0.201. The van der Waals surface area contributed by atoms with Crippen LogP contribution < -0.4 is 14.9 Å². The Labute approximate surface area is 237 Å². The minimum Gasteiger partial charge on any atom is -0.272 e. The lowest BCUT2D eigenvalue weighted by atomic mass is 9.84. The number of aromatic nitrogens is 1. The van der Waals surface area contributed by atoms with E-state index in [9.17, 15) is 14.9 Å². The molecule has 1 aliphatic heterocycles. The number of nitro benzene ring substituents is 1. The molecule has 4 aromatic rings. The van der Waals surface area contributed by atoms with Gasteiger partial charge in [-0.05, 0) is 83.5 Å². The van der Waals surface area contributed by atoms with Crippen molar-refractivity contribution in [3.8, 4) is 0 Å². The van der Waals surface area contributed by atoms with Gasteiger partial charge in [0.25, 0.3) is 11.2 Å². The summed E-state index contributed by atoms with van der Waals surface area (Å²) in [5.74, 6) is 0. The third-order valence-electron chi connectivity index (χ3n) is 6.91. The number of thiazole rings is 1. The van der Waals surface area contributed by atoms with Gasteiger partial charge in [0, 0.05) is 22.2 Å². The van der Waals surface area contributed by atoms with Crippen molar-refractivity contribution in [3.63, 3.8) is 0 Å². The van der Waals surface area contributed by atoms with Crippen LogP contribution in [0.1, 0.15) is 42.0 Å². The normalized spacial score (nSPS) is 18.1. The van der Waals surface area contributed by atoms with Crippen molar-refractivity contribution in [2.45, 2.75) is 25.3 Å². The van der Waals surface area contributed by atoms with E-state index in [0.29, 0.717) is 24.9 Å². The fourth-order valence-corrected chi connectivity index (χ4v) is 6.39. The van der Waals surface area contributed by atoms with Crippen LogP contribution in [0.5, 0.6) is 0 Å². The van der Waals surface area contributed by atoms with Gasteiger partial charge in [0.1, 0.15) is 0 Å². The Kier molecular flexibility index (Phi) is 6.81. The highest BCUT2D eigenvalue weighted by atomic mass is 35.5. The molecule has 2 aliphatic rings. The number of rotatable bonds is 4. The predicted octanol–water partition coefficient (Wildman–Crippen LogP) is 6.70. The molecule has 1 aliphatic carbocycles. The summed E-state index contributed by atoms with van der Waals surface area (Å²) < 4.78 is 2.22. The van der Waals surface area contributed by atoms with Gasteiger partial charge in [-0.15, -0.1) is 0 Å². The Balaban J connectivity index is 1.56. The molecule has 6 rings (SSSR count). The Morgan fingerprint density at radius 1 is 0.949 bits per heavy atom. The molecule has 0 N–H and O–H groups in total. The number of allylic oxidation sites excluding steroid dienone is 2. The Morgan fingerprint density at radius 2 is 1.67 bits per heavy atom. The van der Waals surface area contributed by atoms with Crippen molar-refractivity contribution < 1.29 is 4.92 Å². The molecule has 0 amide bonds. The molecule has 0 saturated heterocycles. The fraction of sp³-hybridized carbons (Fsp3) is 0.133. The largest absolute Gasteiger partial charge is 0.272 e. The molecule has 1 atom stereocenters. The van der Waals surface area contributed by atoms with Crippen molar-refractivity contribution in [1.82, 2.24) is 4.57 Å². The first-order chi connectivity index (χ1) is 18.9. The van der Waals surface area contributed by atoms with Crippen molar-refractivity contribution in [1.29, 1.82) is 0 Å². The van der Waals surface area contributed by atoms with E-state index in [1.807, 2.05) is 48.5 Å². The van der Waals surface area contributed by atoms with Gasteiger partial charge in [-0.25, -0.2) is 4.99 Å². The summed E-state index contributed by atoms with van der Waals surface area (Å²) in [6, 6.07) is 21.2. The highest BCUT2D eigenvalue weighted by molar-refractivity contribution is 7.07. The van der Waals surface area contributed by atoms with Crippen LogP contribution in [-0.4, -0.2) is 9.49 Å². The first-order valence-corrected chi connectivity index (χ1v) is 14.0. The molecule has 6 nitrogen and oxygen atoms in total. The van der Waals surface area contributed by atoms with Crippen LogP contribution in [0.2, 0.25) is 10.0 Å². The van der Waals surface area contributed by atoms with Crippen molar-refractivity contribution in [2.75, 3.05) is 0 Å². The summed E-state index contributed by atoms with van der Waals surface area (Å²) in [5.41, 5.74) is 5.51. The Hall–Kier alpha value is -3.78. The van der Waals surface area contributed by atoms with Crippen molar-refractivity contribution >= 4 is 52.4 Å². The molecule has 3 aromatic carbocycles. The van der Waals surface area contributed by atoms with Gasteiger partial charge in [-0.3, -0.25) is 19.5 Å². The van der Waals surface area contributed by atoms with Crippen LogP contribution in [-0.2, 0) is 0 Å². The van der Waals surface area contributed by atoms with Gasteiger partial charge in [-0.2, -0.15) is 0 Å². The third kappa shape index (κ3) is 5.01. The maximum absolute atomic E-state index is 13.8. The van der Waals surface area contributed by atoms with Crippen LogP contribution in [0.15, 0.2) is 99.4 Å². The lowest BCUT2D eigenvalue weighted by molar-refractivity contribution is -0.384. The molecule has 9 heteroatoms. The smallest absolute Gasteiger partial charge is 0.271 e. The Bertz CT molecular complexity index is 1850. The Morgan fingerprint density at radius 3 is 2.38 bits per heavy atom. The van der Waals surface area contributed by atoms with Crippen molar-refractivity contribution in [3.05, 3.63) is 146 Å². The van der Waals surface area contributed by atoms with E-state index >= 15 is 0 Å². The summed E-state index contributed by atoms with van der Waals surface area (Å²) in [6.07, 6.45) is 6.48. The standard InChI is InChI=1S/C30H21Cl2N3O3S/c31-22-11-7-18(8-12-22)15-21-4-2-6-25-27(21)33-30-34(28(25)20-9-13-23(32)14-10-20)29(36)26(39-30)17-19-3-1-5-24(16-19)35(37)38/h1,3,5,7-17,28H,2,4,6H2/b21-15+,26-17+. The van der Waals surface area contributed by atoms with Gasteiger partial charge in [0.2, 0.25) is 0 Å². The van der Waals surface area contributed by atoms with Gasteiger partial charge in [-0.1, -0.05) is 70.9 Å². The molecule has 1 unspecified atom stereocenters. The van der Waals surface area contributed by atoms with E-state index in [2.05, 4.69) is 6.08 Å². The zero-order chi connectivity index (χ0) is 27.1. The molecule has 1 aromatic heterocycles. The number of halogens is 2. The number of benzene rings is 3. The second kappa shape index (κ2) is 10.4. The number of hydrogen-bond acceptors (Lipinski definition) is 5. The average Bonchev–Trinajstić information content (AvgIpc) is 3.24. The van der Waals surface area contributed by atoms with Crippen LogP contribution in [0.25, 0.3) is 12.2 Å². The lowest BCUT2D eigenvalue weighted by Gasteiger charge is -2.31. The zero-order valence-corrected chi connectivity index (χ0v) is 22.8. The third-order valence-corrected chi connectivity index (χ3v) is 8.40. The van der Waals surface area contributed by atoms with Crippen LogP contribution in [0.3, 0.4) is 0 Å². The van der Waals surface area contributed by atoms with Gasteiger partial charge >= 0.3 is 0 Å².